The fraction of sp³-hybridized carbons (Fsp3) is 0.0556. The summed E-state index contributed by atoms with van der Waals surface area (Å²) in [4.78, 5) is 23.6. The van der Waals surface area contributed by atoms with Crippen LogP contribution in [0.5, 0.6) is 5.88 Å². The second kappa shape index (κ2) is 5.66. The Bertz CT molecular complexity index is 1160. The molecule has 2 aromatic heterocycles. The van der Waals surface area contributed by atoms with Gasteiger partial charge >= 0.3 is 5.69 Å². The van der Waals surface area contributed by atoms with Gasteiger partial charge in [0.15, 0.2) is 0 Å². The van der Waals surface area contributed by atoms with Crippen molar-refractivity contribution in [2.24, 2.45) is 4.99 Å². The van der Waals surface area contributed by atoms with E-state index in [9.17, 15) is 9.90 Å². The Kier molecular flexibility index (Phi) is 3.35. The molecule has 2 heterocycles. The monoisotopic (exact) mass is 318 g/mol. The molecule has 0 bridgehead atoms. The van der Waals surface area contributed by atoms with E-state index in [0.717, 1.165) is 10.9 Å². The van der Waals surface area contributed by atoms with Crippen LogP contribution in [0.2, 0.25) is 0 Å². The lowest BCUT2D eigenvalue weighted by Crippen LogP contribution is -2.25. The fourth-order valence-electron chi connectivity index (χ4n) is 2.64. The molecule has 0 radical (unpaired) electrons. The number of aromatic amines is 1. The second-order valence-corrected chi connectivity index (χ2v) is 5.42. The number of rotatable bonds is 2. The molecule has 2 aromatic carbocycles. The highest BCUT2D eigenvalue weighted by molar-refractivity contribution is 5.82. The van der Waals surface area contributed by atoms with Crippen LogP contribution in [0.3, 0.4) is 0 Å². The third-order valence-corrected chi connectivity index (χ3v) is 3.81. The standard InChI is InChI=1S/C18H14N4O2/c23-16-15-10-13-8-4-5-9-14(13)20-17(22(15)18(24)21-16)19-11-12-6-2-1-3-7-12/h1-10,23H,11H2,(H,21,24). The highest BCUT2D eigenvalue weighted by Crippen LogP contribution is 2.15. The largest absolute Gasteiger partial charge is 0.493 e. The Labute approximate surface area is 136 Å². The predicted molar refractivity (Wildman–Crippen MR) is 90.7 cm³/mol. The van der Waals surface area contributed by atoms with Gasteiger partial charge in [-0.15, -0.1) is 0 Å². The van der Waals surface area contributed by atoms with Gasteiger partial charge in [0, 0.05) is 5.39 Å². The van der Waals surface area contributed by atoms with Crippen molar-refractivity contribution in [3.05, 3.63) is 82.3 Å². The number of aromatic nitrogens is 3. The number of benzene rings is 2. The lowest BCUT2D eigenvalue weighted by atomic mass is 10.2. The molecule has 118 valence electrons. The zero-order chi connectivity index (χ0) is 16.5. The first-order chi connectivity index (χ1) is 11.7. The van der Waals surface area contributed by atoms with Crippen LogP contribution in [0.15, 0.2) is 70.5 Å². The van der Waals surface area contributed by atoms with Crippen LogP contribution in [0, 0.1) is 0 Å². The normalized spacial score (nSPS) is 12.1. The Morgan fingerprint density at radius 1 is 1.08 bits per heavy atom. The van der Waals surface area contributed by atoms with Crippen LogP contribution in [-0.2, 0) is 6.54 Å². The van der Waals surface area contributed by atoms with E-state index in [1.54, 1.807) is 6.07 Å². The minimum atomic E-state index is -0.470. The van der Waals surface area contributed by atoms with Gasteiger partial charge in [-0.3, -0.25) is 4.98 Å². The van der Waals surface area contributed by atoms with Crippen molar-refractivity contribution < 1.29 is 5.11 Å². The van der Waals surface area contributed by atoms with Crippen molar-refractivity contribution in [1.29, 1.82) is 0 Å². The number of fused-ring (bicyclic) bond motifs is 2. The van der Waals surface area contributed by atoms with Crippen molar-refractivity contribution in [3.8, 4) is 5.88 Å². The predicted octanol–water partition coefficient (Wildman–Crippen LogP) is 1.98. The average Bonchev–Trinajstić information content (AvgIpc) is 2.79. The van der Waals surface area contributed by atoms with Gasteiger partial charge in [-0.2, -0.15) is 0 Å². The van der Waals surface area contributed by atoms with Crippen LogP contribution in [0.4, 0.5) is 0 Å². The smallest absolute Gasteiger partial charge is 0.335 e. The van der Waals surface area contributed by atoms with Crippen molar-refractivity contribution in [2.75, 3.05) is 0 Å². The lowest BCUT2D eigenvalue weighted by Gasteiger charge is -1.94. The third kappa shape index (κ3) is 2.44. The molecular weight excluding hydrogens is 304 g/mol. The van der Waals surface area contributed by atoms with Crippen LogP contribution < -0.4 is 11.3 Å². The summed E-state index contributed by atoms with van der Waals surface area (Å²) in [5, 5.41) is 10.8. The summed E-state index contributed by atoms with van der Waals surface area (Å²) in [6.45, 7) is 0.389. The van der Waals surface area contributed by atoms with Gasteiger partial charge in [0.1, 0.15) is 5.52 Å². The van der Waals surface area contributed by atoms with Gasteiger partial charge in [0.25, 0.3) is 0 Å². The minimum absolute atomic E-state index is 0.195. The van der Waals surface area contributed by atoms with Gasteiger partial charge in [0.05, 0.1) is 12.1 Å². The zero-order valence-electron chi connectivity index (χ0n) is 12.7. The number of aromatic hydroxyl groups is 1. The van der Waals surface area contributed by atoms with Crippen molar-refractivity contribution in [3.63, 3.8) is 0 Å². The van der Waals surface area contributed by atoms with Crippen LogP contribution in [-0.4, -0.2) is 19.5 Å². The van der Waals surface area contributed by atoms with Gasteiger partial charge < -0.3 is 5.11 Å². The highest BCUT2D eigenvalue weighted by Gasteiger charge is 2.08. The molecule has 6 nitrogen and oxygen atoms in total. The fourth-order valence-corrected chi connectivity index (χ4v) is 2.64. The summed E-state index contributed by atoms with van der Waals surface area (Å²) in [5.41, 5.74) is 1.84. The Morgan fingerprint density at radius 3 is 2.67 bits per heavy atom. The maximum atomic E-state index is 12.2. The summed E-state index contributed by atoms with van der Waals surface area (Å²) in [6, 6.07) is 18.9. The number of hydrogen-bond donors (Lipinski definition) is 2. The van der Waals surface area contributed by atoms with Crippen LogP contribution >= 0.6 is 0 Å². The van der Waals surface area contributed by atoms with Crippen molar-refractivity contribution in [2.45, 2.75) is 6.54 Å². The molecule has 24 heavy (non-hydrogen) atoms. The van der Waals surface area contributed by atoms with Crippen LogP contribution in [0.25, 0.3) is 16.4 Å². The van der Waals surface area contributed by atoms with E-state index >= 15 is 0 Å². The highest BCUT2D eigenvalue weighted by atomic mass is 16.3. The summed E-state index contributed by atoms with van der Waals surface area (Å²) >= 11 is 0. The molecule has 6 heteroatoms. The van der Waals surface area contributed by atoms with Gasteiger partial charge in [-0.1, -0.05) is 48.5 Å². The molecule has 4 aromatic rings. The molecule has 0 aliphatic heterocycles. The van der Waals surface area contributed by atoms with E-state index in [1.807, 2.05) is 54.6 Å². The van der Waals surface area contributed by atoms with Gasteiger partial charge in [-0.05, 0) is 17.7 Å². The first-order valence-electron chi connectivity index (χ1n) is 7.50. The van der Waals surface area contributed by atoms with E-state index in [0.29, 0.717) is 17.6 Å². The SMILES string of the molecule is O=c1[nH]c(O)c2cc3ccccc3nc(=NCc3ccccc3)n12. The van der Waals surface area contributed by atoms with E-state index in [1.165, 1.54) is 4.40 Å². The Balaban J connectivity index is 2.06. The maximum Gasteiger partial charge on any atom is 0.335 e. The van der Waals surface area contributed by atoms with E-state index in [2.05, 4.69) is 15.0 Å². The molecule has 2 N–H and O–H groups in total. The van der Waals surface area contributed by atoms with Gasteiger partial charge in [-0.25, -0.2) is 19.2 Å². The molecular formula is C18H14N4O2. The topological polar surface area (TPSA) is 82.8 Å². The molecule has 0 atom stereocenters. The van der Waals surface area contributed by atoms with Crippen molar-refractivity contribution >= 4 is 16.4 Å². The molecule has 0 saturated carbocycles. The Morgan fingerprint density at radius 2 is 1.83 bits per heavy atom. The molecule has 0 aliphatic carbocycles. The number of imidazole rings is 1. The summed E-state index contributed by atoms with van der Waals surface area (Å²) in [5.74, 6) is -0.195. The Hall–Kier alpha value is -3.41. The molecule has 0 spiro atoms. The summed E-state index contributed by atoms with van der Waals surface area (Å²) < 4.78 is 1.29. The number of nitrogens with zero attached hydrogens (tertiary/aromatic N) is 3. The average molecular weight is 318 g/mol. The van der Waals surface area contributed by atoms with Gasteiger partial charge in [0.2, 0.25) is 11.5 Å². The minimum Gasteiger partial charge on any atom is -0.493 e. The third-order valence-electron chi connectivity index (χ3n) is 3.81. The van der Waals surface area contributed by atoms with Crippen molar-refractivity contribution in [1.82, 2.24) is 14.4 Å². The summed E-state index contributed by atoms with van der Waals surface area (Å²) in [6.07, 6.45) is 0. The quantitative estimate of drug-likeness (QED) is 0.593. The molecule has 0 unspecified atom stereocenters. The van der Waals surface area contributed by atoms with E-state index in [4.69, 9.17) is 0 Å². The number of para-hydroxylation sites is 1. The molecule has 0 fully saturated rings. The van der Waals surface area contributed by atoms with Crippen LogP contribution in [0.1, 0.15) is 5.56 Å². The number of H-pyrrole nitrogens is 1. The molecule has 0 amide bonds. The number of hydrogen-bond acceptors (Lipinski definition) is 4. The van der Waals surface area contributed by atoms with E-state index in [-0.39, 0.29) is 11.5 Å². The first-order valence-corrected chi connectivity index (χ1v) is 7.50. The molecule has 0 saturated heterocycles. The first kappa shape index (κ1) is 14.2. The lowest BCUT2D eigenvalue weighted by molar-refractivity contribution is 0.461. The number of nitrogens with one attached hydrogen (secondary N) is 1. The van der Waals surface area contributed by atoms with E-state index < -0.39 is 5.69 Å². The molecule has 0 aliphatic rings. The maximum absolute atomic E-state index is 12.2. The molecule has 4 rings (SSSR count). The zero-order valence-corrected chi connectivity index (χ0v) is 12.7. The second-order valence-electron chi connectivity index (χ2n) is 5.42. The summed E-state index contributed by atoms with van der Waals surface area (Å²) in [7, 11) is 0.